The first-order valence-corrected chi connectivity index (χ1v) is 10.5. The molecule has 0 radical (unpaired) electrons. The second-order valence-corrected chi connectivity index (χ2v) is 8.69. The molecule has 0 aliphatic carbocycles. The quantitative estimate of drug-likeness (QED) is 0.293. The van der Waals surface area contributed by atoms with Crippen molar-refractivity contribution in [3.8, 4) is 28.6 Å². The van der Waals surface area contributed by atoms with Gasteiger partial charge in [0.25, 0.3) is 0 Å². The van der Waals surface area contributed by atoms with Crippen LogP contribution in [0, 0.1) is 0 Å². The summed E-state index contributed by atoms with van der Waals surface area (Å²) in [6.07, 6.45) is -3.16. The van der Waals surface area contributed by atoms with Crippen molar-refractivity contribution in [2.45, 2.75) is 32.4 Å². The van der Waals surface area contributed by atoms with Crippen molar-refractivity contribution in [1.29, 1.82) is 0 Å². The van der Waals surface area contributed by atoms with Crippen molar-refractivity contribution in [3.05, 3.63) is 78.1 Å². The van der Waals surface area contributed by atoms with Crippen molar-refractivity contribution >= 4 is 11.6 Å². The van der Waals surface area contributed by atoms with E-state index in [-0.39, 0.29) is 34.3 Å². The maximum Gasteiger partial charge on any atom is 0.433 e. The molecule has 2 heterocycles. The predicted octanol–water partition coefficient (Wildman–Crippen LogP) is 7.03. The van der Waals surface area contributed by atoms with Gasteiger partial charge in [0.1, 0.15) is 28.6 Å². The molecule has 176 valence electrons. The van der Waals surface area contributed by atoms with Gasteiger partial charge in [-0.05, 0) is 35.7 Å². The van der Waals surface area contributed by atoms with Gasteiger partial charge >= 0.3 is 6.18 Å². The molecule has 6 nitrogen and oxygen atoms in total. The van der Waals surface area contributed by atoms with Crippen molar-refractivity contribution in [2.75, 3.05) is 5.32 Å². The lowest BCUT2D eigenvalue weighted by Crippen LogP contribution is -2.12. The summed E-state index contributed by atoms with van der Waals surface area (Å²) in [5.74, 6) is 0.465. The van der Waals surface area contributed by atoms with E-state index < -0.39 is 11.9 Å². The number of nitrogens with one attached hydrogen (secondary N) is 2. The van der Waals surface area contributed by atoms with Gasteiger partial charge in [0.2, 0.25) is 11.8 Å². The Kier molecular flexibility index (Phi) is 5.95. The molecule has 2 aromatic carbocycles. The first-order chi connectivity index (χ1) is 16.0. The molecule has 4 aromatic rings. The molecule has 0 unspecified atom stereocenters. The van der Waals surface area contributed by atoms with Crippen LogP contribution in [0.1, 0.15) is 32.0 Å². The van der Waals surface area contributed by atoms with Gasteiger partial charge in [0.05, 0.1) is 0 Å². The number of para-hydroxylation sites is 1. The Bertz CT molecular complexity index is 1310. The lowest BCUT2D eigenvalue weighted by atomic mass is 9.86. The topological polar surface area (TPSA) is 83.1 Å². The Morgan fingerprint density at radius 3 is 2.44 bits per heavy atom. The minimum absolute atomic E-state index is 0.124. The molecular formula is C25H23F3N4O2. The Morgan fingerprint density at radius 1 is 0.971 bits per heavy atom. The number of imidazole rings is 1. The number of nitrogens with zero attached hydrogens (tertiary/aromatic N) is 2. The summed E-state index contributed by atoms with van der Waals surface area (Å²) in [5.41, 5.74) is -0.164. The zero-order valence-electron chi connectivity index (χ0n) is 18.7. The van der Waals surface area contributed by atoms with Crippen LogP contribution in [0.25, 0.3) is 11.3 Å². The van der Waals surface area contributed by atoms with E-state index in [1.807, 2.05) is 24.3 Å². The van der Waals surface area contributed by atoms with Gasteiger partial charge in [0.15, 0.2) is 0 Å². The highest BCUT2D eigenvalue weighted by Crippen LogP contribution is 2.39. The number of anilines is 2. The molecule has 0 atom stereocenters. The second-order valence-electron chi connectivity index (χ2n) is 8.69. The lowest BCUT2D eigenvalue weighted by Gasteiger charge is -2.22. The van der Waals surface area contributed by atoms with Crippen molar-refractivity contribution in [3.63, 3.8) is 0 Å². The minimum Gasteiger partial charge on any atom is -0.508 e. The Labute approximate surface area is 194 Å². The van der Waals surface area contributed by atoms with Crippen LogP contribution in [0.3, 0.4) is 0 Å². The molecule has 2 aromatic heterocycles. The lowest BCUT2D eigenvalue weighted by molar-refractivity contribution is -0.140. The molecule has 0 saturated heterocycles. The van der Waals surface area contributed by atoms with E-state index in [1.165, 1.54) is 30.5 Å². The second kappa shape index (κ2) is 8.74. The highest BCUT2D eigenvalue weighted by molar-refractivity contribution is 5.69. The molecule has 0 fully saturated rings. The largest absolute Gasteiger partial charge is 0.508 e. The molecule has 0 bridgehead atoms. The minimum atomic E-state index is -4.69. The predicted molar refractivity (Wildman–Crippen MR) is 123 cm³/mol. The van der Waals surface area contributed by atoms with Crippen LogP contribution in [0.4, 0.5) is 24.8 Å². The van der Waals surface area contributed by atoms with Gasteiger partial charge in [-0.25, -0.2) is 9.97 Å². The van der Waals surface area contributed by atoms with E-state index in [0.29, 0.717) is 11.4 Å². The average Bonchev–Trinajstić information content (AvgIpc) is 3.19. The maximum atomic E-state index is 13.7. The van der Waals surface area contributed by atoms with Crippen LogP contribution >= 0.6 is 0 Å². The number of hydrogen-bond acceptors (Lipinski definition) is 5. The van der Waals surface area contributed by atoms with Crippen molar-refractivity contribution in [2.24, 2.45) is 0 Å². The zero-order valence-corrected chi connectivity index (χ0v) is 18.7. The number of aromatic hydroxyl groups is 1. The number of ether oxygens (including phenoxy) is 1. The molecule has 34 heavy (non-hydrogen) atoms. The van der Waals surface area contributed by atoms with E-state index >= 15 is 0 Å². The summed E-state index contributed by atoms with van der Waals surface area (Å²) in [6.45, 7) is 6.16. The Hall–Kier alpha value is -4.01. The van der Waals surface area contributed by atoms with Gasteiger partial charge in [-0.15, -0.1) is 0 Å². The SMILES string of the molecule is CC(C)(C)c1ccccc1Oc1ncccc1Nc1nc(-c2cccc(O)c2)c(C(F)(F)F)[nH]1. The van der Waals surface area contributed by atoms with Crippen LogP contribution in [-0.4, -0.2) is 20.1 Å². The number of aromatic nitrogens is 3. The molecule has 0 amide bonds. The Morgan fingerprint density at radius 2 is 1.74 bits per heavy atom. The van der Waals surface area contributed by atoms with Crippen LogP contribution in [0.5, 0.6) is 17.4 Å². The van der Waals surface area contributed by atoms with Crippen LogP contribution < -0.4 is 10.1 Å². The third-order valence-corrected chi connectivity index (χ3v) is 5.03. The maximum absolute atomic E-state index is 13.7. The zero-order chi connectivity index (χ0) is 24.5. The van der Waals surface area contributed by atoms with Crippen LogP contribution in [-0.2, 0) is 11.6 Å². The summed E-state index contributed by atoms with van der Waals surface area (Å²) in [7, 11) is 0. The van der Waals surface area contributed by atoms with Gasteiger partial charge < -0.3 is 20.1 Å². The number of rotatable bonds is 5. The number of pyridine rings is 1. The number of hydrogen-bond donors (Lipinski definition) is 3. The number of alkyl halides is 3. The molecule has 4 rings (SSSR count). The third kappa shape index (κ3) is 4.98. The highest BCUT2D eigenvalue weighted by atomic mass is 19.4. The molecule has 3 N–H and O–H groups in total. The Balaban J connectivity index is 1.71. The summed E-state index contributed by atoms with van der Waals surface area (Å²) < 4.78 is 47.2. The van der Waals surface area contributed by atoms with E-state index in [2.05, 4.69) is 41.0 Å². The fourth-order valence-electron chi connectivity index (χ4n) is 3.47. The van der Waals surface area contributed by atoms with Crippen LogP contribution in [0.2, 0.25) is 0 Å². The van der Waals surface area contributed by atoms with Gasteiger partial charge in [0, 0.05) is 17.3 Å². The number of aromatic amines is 1. The third-order valence-electron chi connectivity index (χ3n) is 5.03. The van der Waals surface area contributed by atoms with Gasteiger partial charge in [-0.1, -0.05) is 51.1 Å². The average molecular weight is 468 g/mol. The standard InChI is InChI=1S/C25H23F3N4O2/c1-24(2,3)17-10-4-5-12-19(17)34-22-18(11-7-13-29-22)30-23-31-20(21(32-23)25(26,27)28)15-8-6-9-16(33)14-15/h4-14,33H,1-3H3,(H2,30,31,32). The number of phenols is 1. The number of H-pyrrole nitrogens is 1. The molecule has 0 aliphatic rings. The summed E-state index contributed by atoms with van der Waals surface area (Å²) >= 11 is 0. The van der Waals surface area contributed by atoms with Crippen molar-refractivity contribution in [1.82, 2.24) is 15.0 Å². The molecular weight excluding hydrogens is 445 g/mol. The molecule has 0 saturated carbocycles. The van der Waals surface area contributed by atoms with Crippen LogP contribution in [0.15, 0.2) is 66.9 Å². The highest BCUT2D eigenvalue weighted by Gasteiger charge is 2.37. The summed E-state index contributed by atoms with van der Waals surface area (Å²) in [6, 6.07) is 16.3. The summed E-state index contributed by atoms with van der Waals surface area (Å²) in [5, 5.41) is 12.6. The van der Waals surface area contributed by atoms with E-state index in [4.69, 9.17) is 4.74 Å². The fourth-order valence-corrected chi connectivity index (χ4v) is 3.47. The normalized spacial score (nSPS) is 11.9. The number of phenolic OH excluding ortho intramolecular Hbond substituents is 1. The van der Waals surface area contributed by atoms with E-state index in [0.717, 1.165) is 5.56 Å². The molecule has 0 spiro atoms. The van der Waals surface area contributed by atoms with Gasteiger partial charge in [-0.2, -0.15) is 13.2 Å². The number of halogens is 3. The first-order valence-electron chi connectivity index (χ1n) is 10.5. The molecule has 0 aliphatic heterocycles. The smallest absolute Gasteiger partial charge is 0.433 e. The number of benzene rings is 2. The van der Waals surface area contributed by atoms with E-state index in [9.17, 15) is 18.3 Å². The molecule has 9 heteroatoms. The monoisotopic (exact) mass is 468 g/mol. The van der Waals surface area contributed by atoms with Gasteiger partial charge in [-0.3, -0.25) is 0 Å². The van der Waals surface area contributed by atoms with Crippen molar-refractivity contribution < 1.29 is 23.0 Å². The van der Waals surface area contributed by atoms with E-state index in [1.54, 1.807) is 12.1 Å². The fraction of sp³-hybridized carbons (Fsp3) is 0.200. The summed E-state index contributed by atoms with van der Waals surface area (Å²) in [4.78, 5) is 10.7. The first kappa shape index (κ1) is 23.2.